The van der Waals surface area contributed by atoms with Gasteiger partial charge < -0.3 is 5.32 Å². The summed E-state index contributed by atoms with van der Waals surface area (Å²) in [5.41, 5.74) is -0.400. The van der Waals surface area contributed by atoms with E-state index in [0.29, 0.717) is 12.6 Å². The van der Waals surface area contributed by atoms with E-state index in [9.17, 15) is 8.42 Å². The minimum atomic E-state index is -3.38. The van der Waals surface area contributed by atoms with E-state index in [-0.39, 0.29) is 0 Å². The van der Waals surface area contributed by atoms with Gasteiger partial charge in [-0.25, -0.2) is 0 Å². The van der Waals surface area contributed by atoms with Crippen LogP contribution in [-0.4, -0.2) is 44.4 Å². The second-order valence-corrected chi connectivity index (χ2v) is 7.41. The van der Waals surface area contributed by atoms with Gasteiger partial charge in [-0.15, -0.1) is 0 Å². The molecule has 5 nitrogen and oxygen atoms in total. The van der Waals surface area contributed by atoms with Gasteiger partial charge >= 0.3 is 0 Å². The van der Waals surface area contributed by atoms with Crippen LogP contribution in [0.15, 0.2) is 0 Å². The molecule has 0 radical (unpaired) electrons. The summed E-state index contributed by atoms with van der Waals surface area (Å²) < 4.78 is 28.1. The Hall–Kier alpha value is -0.170. The Morgan fingerprint density at radius 3 is 2.28 bits per heavy atom. The minimum Gasteiger partial charge on any atom is -0.314 e. The van der Waals surface area contributed by atoms with E-state index in [4.69, 9.17) is 0 Å². The van der Waals surface area contributed by atoms with Gasteiger partial charge in [-0.2, -0.15) is 17.4 Å². The number of nitrogens with zero attached hydrogens (tertiary/aromatic N) is 1. The Kier molecular flexibility index (Phi) is 7.36. The summed E-state index contributed by atoms with van der Waals surface area (Å²) in [5, 5.41) is 3.27. The molecule has 0 spiro atoms. The fourth-order valence-corrected chi connectivity index (χ4v) is 2.68. The van der Waals surface area contributed by atoms with Gasteiger partial charge in [0.1, 0.15) is 0 Å². The van der Waals surface area contributed by atoms with E-state index in [1.54, 1.807) is 7.05 Å². The van der Waals surface area contributed by atoms with Crippen molar-refractivity contribution in [3.05, 3.63) is 0 Å². The maximum Gasteiger partial charge on any atom is 0.279 e. The largest absolute Gasteiger partial charge is 0.314 e. The molecule has 0 aliphatic heterocycles. The molecule has 0 amide bonds. The van der Waals surface area contributed by atoms with E-state index in [2.05, 4.69) is 23.9 Å². The Bertz CT molecular complexity index is 326. The molecule has 0 aromatic heterocycles. The first-order chi connectivity index (χ1) is 8.10. The average molecular weight is 279 g/mol. The van der Waals surface area contributed by atoms with Gasteiger partial charge in [0, 0.05) is 25.2 Å². The summed E-state index contributed by atoms with van der Waals surface area (Å²) in [6, 6.07) is 0.434. The summed E-state index contributed by atoms with van der Waals surface area (Å²) >= 11 is 0. The molecule has 110 valence electrons. The van der Waals surface area contributed by atoms with Crippen molar-refractivity contribution in [3.8, 4) is 0 Å². The topological polar surface area (TPSA) is 61.4 Å². The van der Waals surface area contributed by atoms with Gasteiger partial charge in [-0.3, -0.25) is 0 Å². The van der Waals surface area contributed by atoms with Crippen molar-refractivity contribution in [2.45, 2.75) is 59.0 Å². The maximum atomic E-state index is 12.0. The van der Waals surface area contributed by atoms with Crippen molar-refractivity contribution in [2.75, 3.05) is 20.1 Å². The molecule has 0 rings (SSSR count). The Morgan fingerprint density at radius 2 is 1.83 bits per heavy atom. The molecule has 0 atom stereocenters. The second-order valence-electron chi connectivity index (χ2n) is 5.63. The van der Waals surface area contributed by atoms with Gasteiger partial charge in [0.25, 0.3) is 10.2 Å². The van der Waals surface area contributed by atoms with Crippen LogP contribution in [0.5, 0.6) is 0 Å². The first-order valence-corrected chi connectivity index (χ1v) is 8.03. The van der Waals surface area contributed by atoms with E-state index >= 15 is 0 Å². The lowest BCUT2D eigenvalue weighted by Gasteiger charge is -2.27. The number of rotatable bonds is 9. The summed E-state index contributed by atoms with van der Waals surface area (Å²) in [7, 11) is -1.76. The fourth-order valence-electron chi connectivity index (χ4n) is 1.31. The first-order valence-electron chi connectivity index (χ1n) is 6.59. The third-order valence-electron chi connectivity index (χ3n) is 2.90. The summed E-state index contributed by atoms with van der Waals surface area (Å²) in [4.78, 5) is 0. The number of nitrogens with one attached hydrogen (secondary N) is 2. The van der Waals surface area contributed by atoms with Crippen LogP contribution in [0, 0.1) is 0 Å². The smallest absolute Gasteiger partial charge is 0.279 e. The van der Waals surface area contributed by atoms with Gasteiger partial charge in [0.15, 0.2) is 0 Å². The van der Waals surface area contributed by atoms with Crippen LogP contribution in [0.4, 0.5) is 0 Å². The Balaban J connectivity index is 4.19. The van der Waals surface area contributed by atoms with Gasteiger partial charge in [0.05, 0.1) is 0 Å². The van der Waals surface area contributed by atoms with Crippen LogP contribution in [-0.2, 0) is 10.2 Å². The molecule has 0 heterocycles. The molecule has 0 fully saturated rings. The Morgan fingerprint density at radius 1 is 1.28 bits per heavy atom. The van der Waals surface area contributed by atoms with Crippen molar-refractivity contribution in [1.29, 1.82) is 0 Å². The quantitative estimate of drug-likeness (QED) is 0.626. The zero-order valence-corrected chi connectivity index (χ0v) is 13.4. The third-order valence-corrected chi connectivity index (χ3v) is 4.72. The zero-order valence-electron chi connectivity index (χ0n) is 12.6. The molecular weight excluding hydrogens is 250 g/mol. The van der Waals surface area contributed by atoms with Crippen molar-refractivity contribution in [1.82, 2.24) is 14.3 Å². The van der Waals surface area contributed by atoms with E-state index in [1.165, 1.54) is 4.31 Å². The molecular formula is C12H29N3O2S. The predicted octanol–water partition coefficient (Wildman–Crippen LogP) is 1.33. The van der Waals surface area contributed by atoms with Crippen LogP contribution in [0.1, 0.15) is 47.5 Å². The lowest BCUT2D eigenvalue weighted by molar-refractivity contribution is 0.394. The third kappa shape index (κ3) is 7.31. The fraction of sp³-hybridized carbons (Fsp3) is 1.00. The van der Waals surface area contributed by atoms with Gasteiger partial charge in [0.2, 0.25) is 0 Å². The highest BCUT2D eigenvalue weighted by atomic mass is 32.2. The Labute approximate surface area is 113 Å². The molecule has 6 heteroatoms. The van der Waals surface area contributed by atoms with Crippen LogP contribution >= 0.6 is 0 Å². The van der Waals surface area contributed by atoms with Crippen molar-refractivity contribution in [2.24, 2.45) is 0 Å². The lowest BCUT2D eigenvalue weighted by Crippen LogP contribution is -2.49. The second kappa shape index (κ2) is 7.43. The average Bonchev–Trinajstić information content (AvgIpc) is 2.22. The predicted molar refractivity (Wildman–Crippen MR) is 76.8 cm³/mol. The highest BCUT2D eigenvalue weighted by Crippen LogP contribution is 2.10. The monoisotopic (exact) mass is 279 g/mol. The summed E-state index contributed by atoms with van der Waals surface area (Å²) in [6.45, 7) is 11.2. The maximum absolute atomic E-state index is 12.0. The molecule has 18 heavy (non-hydrogen) atoms. The number of hydrogen-bond acceptors (Lipinski definition) is 3. The SMILES string of the molecule is CCC(C)(C)NS(=O)(=O)N(C)CCCNC(C)C. The molecule has 0 aromatic carbocycles. The van der Waals surface area contributed by atoms with Crippen molar-refractivity contribution < 1.29 is 8.42 Å². The number of hydrogen-bond donors (Lipinski definition) is 2. The summed E-state index contributed by atoms with van der Waals surface area (Å²) in [6.07, 6.45) is 1.57. The highest BCUT2D eigenvalue weighted by Gasteiger charge is 2.25. The normalized spacial score (nSPS) is 13.6. The van der Waals surface area contributed by atoms with E-state index < -0.39 is 15.7 Å². The van der Waals surface area contributed by atoms with Gasteiger partial charge in [-0.1, -0.05) is 20.8 Å². The first kappa shape index (κ1) is 17.8. The zero-order chi connectivity index (χ0) is 14.4. The molecule has 0 aromatic rings. The van der Waals surface area contributed by atoms with E-state index in [0.717, 1.165) is 19.4 Å². The molecule has 0 saturated heterocycles. The van der Waals surface area contributed by atoms with Gasteiger partial charge in [-0.05, 0) is 33.2 Å². The standard InChI is InChI=1S/C12H29N3O2S/c1-7-12(4,5)14-18(16,17)15(6)10-8-9-13-11(2)3/h11,13-14H,7-10H2,1-6H3. The van der Waals surface area contributed by atoms with Crippen molar-refractivity contribution >= 4 is 10.2 Å². The molecule has 0 saturated carbocycles. The minimum absolute atomic E-state index is 0.400. The van der Waals surface area contributed by atoms with Crippen molar-refractivity contribution in [3.63, 3.8) is 0 Å². The molecule has 0 bridgehead atoms. The molecule has 0 unspecified atom stereocenters. The summed E-state index contributed by atoms with van der Waals surface area (Å²) in [5.74, 6) is 0. The molecule has 0 aliphatic carbocycles. The van der Waals surface area contributed by atoms with E-state index in [1.807, 2.05) is 20.8 Å². The van der Waals surface area contributed by atoms with Crippen LogP contribution < -0.4 is 10.0 Å². The molecule has 0 aliphatic rings. The van der Waals surface area contributed by atoms with Crippen LogP contribution in [0.25, 0.3) is 0 Å². The molecule has 2 N–H and O–H groups in total. The van der Waals surface area contributed by atoms with Crippen LogP contribution in [0.2, 0.25) is 0 Å². The highest BCUT2D eigenvalue weighted by molar-refractivity contribution is 7.87. The lowest BCUT2D eigenvalue weighted by atomic mass is 10.0. The van der Waals surface area contributed by atoms with Crippen LogP contribution in [0.3, 0.4) is 0 Å².